The lowest BCUT2D eigenvalue weighted by atomic mass is 10.2. The van der Waals surface area contributed by atoms with Gasteiger partial charge in [0, 0.05) is 19.3 Å². The number of aliphatic hydroxyl groups excluding tert-OH is 1. The van der Waals surface area contributed by atoms with Crippen LogP contribution < -0.4 is 15.8 Å². The molecule has 2 aromatic rings. The minimum absolute atomic E-state index is 0.0131. The van der Waals surface area contributed by atoms with Gasteiger partial charge in [0.15, 0.2) is 5.69 Å². The first kappa shape index (κ1) is 19.8. The summed E-state index contributed by atoms with van der Waals surface area (Å²) >= 11 is 0. The summed E-state index contributed by atoms with van der Waals surface area (Å²) in [6, 6.07) is 6.49. The zero-order valence-electron chi connectivity index (χ0n) is 13.9. The maximum Gasteiger partial charge on any atom is 0.272 e. The number of aromatic nitrogens is 1. The topological polar surface area (TPSA) is 134 Å². The van der Waals surface area contributed by atoms with Gasteiger partial charge in [-0.05, 0) is 30.7 Å². The highest BCUT2D eigenvalue weighted by molar-refractivity contribution is 7.89. The third-order valence-corrected chi connectivity index (χ3v) is 4.72. The maximum atomic E-state index is 12.9. The van der Waals surface area contributed by atoms with Crippen molar-refractivity contribution in [2.24, 2.45) is 0 Å². The fraction of sp³-hybridized carbons (Fsp3) is 0.250. The molecule has 1 aromatic carbocycles. The molecule has 1 heterocycles. The molecule has 0 unspecified atom stereocenters. The van der Waals surface area contributed by atoms with Crippen LogP contribution in [-0.2, 0) is 16.6 Å². The maximum absolute atomic E-state index is 12.9. The summed E-state index contributed by atoms with van der Waals surface area (Å²) in [6.07, 6.45) is 0.274. The first-order valence-electron chi connectivity index (χ1n) is 7.65. The molecule has 2 rings (SSSR count). The van der Waals surface area contributed by atoms with E-state index in [0.717, 1.165) is 12.3 Å². The highest BCUT2D eigenvalue weighted by Crippen LogP contribution is 2.16. The minimum Gasteiger partial charge on any atom is -0.397 e. The molecule has 140 valence electrons. The molecule has 1 atom stereocenters. The van der Waals surface area contributed by atoms with Gasteiger partial charge in [-0.2, -0.15) is 0 Å². The van der Waals surface area contributed by atoms with E-state index >= 15 is 0 Å². The summed E-state index contributed by atoms with van der Waals surface area (Å²) in [4.78, 5) is 15.5. The number of nitrogens with zero attached hydrogens (tertiary/aromatic N) is 1. The Morgan fingerprint density at radius 2 is 2.00 bits per heavy atom. The van der Waals surface area contributed by atoms with Crippen molar-refractivity contribution in [3.63, 3.8) is 0 Å². The van der Waals surface area contributed by atoms with E-state index in [0.29, 0.717) is 5.56 Å². The quantitative estimate of drug-likeness (QED) is 0.547. The lowest BCUT2D eigenvalue weighted by Crippen LogP contribution is -2.32. The number of nitrogens with one attached hydrogen (secondary N) is 2. The number of hydrogen-bond donors (Lipinski definition) is 4. The second-order valence-electron chi connectivity index (χ2n) is 5.62. The van der Waals surface area contributed by atoms with Crippen LogP contribution in [0.4, 0.5) is 10.1 Å². The molecule has 1 aromatic heterocycles. The third kappa shape index (κ3) is 5.22. The Labute approximate surface area is 150 Å². The fourth-order valence-corrected chi connectivity index (χ4v) is 2.98. The summed E-state index contributed by atoms with van der Waals surface area (Å²) in [5.74, 6) is -1.04. The molecule has 0 saturated heterocycles. The first-order valence-corrected chi connectivity index (χ1v) is 9.13. The van der Waals surface area contributed by atoms with E-state index < -0.39 is 27.9 Å². The van der Waals surface area contributed by atoms with Crippen molar-refractivity contribution < 1.29 is 22.7 Å². The monoisotopic (exact) mass is 382 g/mol. The zero-order chi connectivity index (χ0) is 19.3. The number of nitrogens with two attached hydrogens (primary N) is 1. The molecule has 0 saturated carbocycles. The second-order valence-corrected chi connectivity index (χ2v) is 7.39. The first-order chi connectivity index (χ1) is 12.2. The molecule has 26 heavy (non-hydrogen) atoms. The largest absolute Gasteiger partial charge is 0.397 e. The third-order valence-electron chi connectivity index (χ3n) is 3.36. The zero-order valence-corrected chi connectivity index (χ0v) is 14.8. The highest BCUT2D eigenvalue weighted by atomic mass is 32.2. The Morgan fingerprint density at radius 1 is 1.35 bits per heavy atom. The van der Waals surface area contributed by atoms with Crippen LogP contribution in [0.3, 0.4) is 0 Å². The Hall–Kier alpha value is -2.56. The number of benzene rings is 1. The highest BCUT2D eigenvalue weighted by Gasteiger charge is 2.19. The van der Waals surface area contributed by atoms with E-state index in [1.807, 2.05) is 0 Å². The van der Waals surface area contributed by atoms with Crippen molar-refractivity contribution in [2.45, 2.75) is 24.5 Å². The van der Waals surface area contributed by atoms with Gasteiger partial charge in [-0.25, -0.2) is 22.5 Å². The Kier molecular flexibility index (Phi) is 6.24. The fourth-order valence-electron chi connectivity index (χ4n) is 1.99. The number of nitrogen functional groups attached to an aromatic ring is 1. The molecular formula is C16H19FN4O4S. The average Bonchev–Trinajstić information content (AvgIpc) is 2.59. The summed E-state index contributed by atoms with van der Waals surface area (Å²) in [7, 11) is -3.92. The van der Waals surface area contributed by atoms with Crippen molar-refractivity contribution in [1.82, 2.24) is 15.0 Å². The van der Waals surface area contributed by atoms with E-state index in [9.17, 15) is 17.6 Å². The summed E-state index contributed by atoms with van der Waals surface area (Å²) < 4.78 is 39.8. The van der Waals surface area contributed by atoms with E-state index in [1.165, 1.54) is 31.2 Å². The standard InChI is InChI=1S/C16H19FN4O4S/c1-10(22)7-20-16(23)15-14(18)6-13(9-19-15)26(24,25)21-8-11-2-4-12(17)5-3-11/h2-6,9-10,21-22H,7-8,18H2,1H3,(H,20,23)/t10-/m0/s1. The normalized spacial score (nSPS) is 12.6. The van der Waals surface area contributed by atoms with Crippen LogP contribution in [0.25, 0.3) is 0 Å². The molecule has 1 amide bonds. The van der Waals surface area contributed by atoms with E-state index in [-0.39, 0.29) is 29.4 Å². The van der Waals surface area contributed by atoms with Crippen LogP contribution in [-0.4, -0.2) is 37.1 Å². The predicted octanol–water partition coefficient (Wildman–Crippen LogP) is 0.392. The molecule has 0 radical (unpaired) electrons. The van der Waals surface area contributed by atoms with Gasteiger partial charge in [-0.1, -0.05) is 12.1 Å². The van der Waals surface area contributed by atoms with Crippen molar-refractivity contribution in [3.8, 4) is 0 Å². The van der Waals surface area contributed by atoms with Crippen LogP contribution in [0.15, 0.2) is 41.4 Å². The van der Waals surface area contributed by atoms with Crippen LogP contribution in [0.5, 0.6) is 0 Å². The number of amides is 1. The van der Waals surface area contributed by atoms with Crippen LogP contribution >= 0.6 is 0 Å². The SMILES string of the molecule is C[C@H](O)CNC(=O)c1ncc(S(=O)(=O)NCc2ccc(F)cc2)cc1N. The lowest BCUT2D eigenvalue weighted by molar-refractivity contribution is 0.0920. The molecule has 0 aliphatic rings. The molecule has 5 N–H and O–H groups in total. The van der Waals surface area contributed by atoms with Gasteiger partial charge in [-0.3, -0.25) is 4.79 Å². The molecule has 10 heteroatoms. The predicted molar refractivity (Wildman–Crippen MR) is 93.1 cm³/mol. The minimum atomic E-state index is -3.92. The second kappa shape index (κ2) is 8.21. The molecule has 0 aliphatic carbocycles. The van der Waals surface area contributed by atoms with Gasteiger partial charge >= 0.3 is 0 Å². The van der Waals surface area contributed by atoms with Gasteiger partial charge < -0.3 is 16.2 Å². The van der Waals surface area contributed by atoms with Crippen molar-refractivity contribution in [1.29, 1.82) is 0 Å². The smallest absolute Gasteiger partial charge is 0.272 e. The number of carbonyl (C=O) groups is 1. The molecule has 0 fully saturated rings. The van der Waals surface area contributed by atoms with Gasteiger partial charge in [0.2, 0.25) is 10.0 Å². The van der Waals surface area contributed by atoms with Crippen molar-refractivity contribution in [3.05, 3.63) is 53.6 Å². The molecule has 8 nitrogen and oxygen atoms in total. The van der Waals surface area contributed by atoms with Crippen LogP contribution in [0, 0.1) is 5.82 Å². The van der Waals surface area contributed by atoms with Crippen LogP contribution in [0.1, 0.15) is 23.0 Å². The summed E-state index contributed by atoms with van der Waals surface area (Å²) in [5.41, 5.74) is 6.05. The van der Waals surface area contributed by atoms with Gasteiger partial charge in [-0.15, -0.1) is 0 Å². The van der Waals surface area contributed by atoms with Crippen molar-refractivity contribution in [2.75, 3.05) is 12.3 Å². The molecular weight excluding hydrogens is 363 g/mol. The lowest BCUT2D eigenvalue weighted by Gasteiger charge is -2.11. The Morgan fingerprint density at radius 3 is 2.58 bits per heavy atom. The van der Waals surface area contributed by atoms with Gasteiger partial charge in [0.05, 0.1) is 11.8 Å². The van der Waals surface area contributed by atoms with E-state index in [1.54, 1.807) is 0 Å². The van der Waals surface area contributed by atoms with Gasteiger partial charge in [0.25, 0.3) is 5.91 Å². The molecule has 0 bridgehead atoms. The number of anilines is 1. The summed E-state index contributed by atoms with van der Waals surface area (Å²) in [6.45, 7) is 1.47. The number of sulfonamides is 1. The number of halogens is 1. The Bertz CT molecular complexity index is 886. The number of aliphatic hydroxyl groups is 1. The number of rotatable bonds is 7. The van der Waals surface area contributed by atoms with Crippen molar-refractivity contribution >= 4 is 21.6 Å². The Balaban J connectivity index is 2.10. The number of carbonyl (C=O) groups excluding carboxylic acids is 1. The number of hydrogen-bond acceptors (Lipinski definition) is 6. The molecule has 0 spiro atoms. The molecule has 0 aliphatic heterocycles. The van der Waals surface area contributed by atoms with Crippen LogP contribution in [0.2, 0.25) is 0 Å². The van der Waals surface area contributed by atoms with Gasteiger partial charge in [0.1, 0.15) is 10.7 Å². The van der Waals surface area contributed by atoms with E-state index in [4.69, 9.17) is 10.8 Å². The number of pyridine rings is 1. The van der Waals surface area contributed by atoms with E-state index in [2.05, 4.69) is 15.0 Å². The summed E-state index contributed by atoms with van der Waals surface area (Å²) in [5, 5.41) is 11.6. The average molecular weight is 382 g/mol.